The highest BCUT2D eigenvalue weighted by Gasteiger charge is 2.38. The van der Waals surface area contributed by atoms with Crippen molar-refractivity contribution in [3.05, 3.63) is 29.8 Å². The Morgan fingerprint density at radius 1 is 1.33 bits per heavy atom. The molecule has 1 rings (SSSR count). The Morgan fingerprint density at radius 2 is 2.00 bits per heavy atom. The van der Waals surface area contributed by atoms with Gasteiger partial charge < -0.3 is 10.1 Å². The number of hydrogen-bond donors (Lipinski definition) is 1. The third kappa shape index (κ3) is 3.76. The van der Waals surface area contributed by atoms with Crippen molar-refractivity contribution < 1.29 is 27.5 Å². The van der Waals surface area contributed by atoms with E-state index in [0.29, 0.717) is 0 Å². The first-order valence-electron chi connectivity index (χ1n) is 5.00. The van der Waals surface area contributed by atoms with E-state index >= 15 is 0 Å². The molecule has 1 N–H and O–H groups in total. The summed E-state index contributed by atoms with van der Waals surface area (Å²) < 4.78 is 40.7. The third-order valence-corrected chi connectivity index (χ3v) is 1.89. The Labute approximate surface area is 101 Å². The first-order valence-corrected chi connectivity index (χ1v) is 5.00. The molecule has 0 radical (unpaired) electrons. The number of anilines is 1. The fraction of sp³-hybridized carbons (Fsp3) is 0.273. The highest BCUT2D eigenvalue weighted by molar-refractivity contribution is 5.97. The molecule has 1 aromatic carbocycles. The van der Waals surface area contributed by atoms with Gasteiger partial charge in [-0.2, -0.15) is 13.2 Å². The van der Waals surface area contributed by atoms with Crippen LogP contribution in [0.5, 0.6) is 0 Å². The highest BCUT2D eigenvalue weighted by atomic mass is 19.4. The van der Waals surface area contributed by atoms with E-state index < -0.39 is 18.1 Å². The van der Waals surface area contributed by atoms with E-state index in [1.165, 1.54) is 18.2 Å². The quantitative estimate of drug-likeness (QED) is 0.850. The normalized spacial score (nSPS) is 10.9. The van der Waals surface area contributed by atoms with Gasteiger partial charge in [-0.15, -0.1) is 0 Å². The van der Waals surface area contributed by atoms with E-state index in [9.17, 15) is 22.8 Å². The zero-order valence-corrected chi connectivity index (χ0v) is 9.38. The van der Waals surface area contributed by atoms with Crippen molar-refractivity contribution in [3.63, 3.8) is 0 Å². The summed E-state index contributed by atoms with van der Waals surface area (Å²) in [4.78, 5) is 22.0. The van der Waals surface area contributed by atoms with Crippen molar-refractivity contribution in [2.24, 2.45) is 0 Å². The summed E-state index contributed by atoms with van der Waals surface area (Å²) in [5, 5.41) is 1.65. The number of benzene rings is 1. The zero-order valence-electron chi connectivity index (χ0n) is 9.38. The number of rotatable bonds is 3. The van der Waals surface area contributed by atoms with Gasteiger partial charge in [-0.25, -0.2) is 4.79 Å². The van der Waals surface area contributed by atoms with E-state index in [1.807, 2.05) is 0 Å². The van der Waals surface area contributed by atoms with E-state index in [2.05, 4.69) is 4.74 Å². The molecule has 7 heteroatoms. The van der Waals surface area contributed by atoms with Crippen LogP contribution in [0.3, 0.4) is 0 Å². The zero-order chi connectivity index (χ0) is 13.8. The number of nitrogens with one attached hydrogen (secondary N) is 1. The highest BCUT2D eigenvalue weighted by Crippen LogP contribution is 2.19. The van der Waals surface area contributed by atoms with E-state index in [0.717, 1.165) is 6.07 Å². The van der Waals surface area contributed by atoms with Crippen LogP contribution >= 0.6 is 0 Å². The van der Waals surface area contributed by atoms with E-state index in [-0.39, 0.29) is 17.9 Å². The lowest BCUT2D eigenvalue weighted by Crippen LogP contribution is -2.29. The lowest BCUT2D eigenvalue weighted by Gasteiger charge is -2.08. The van der Waals surface area contributed by atoms with Gasteiger partial charge in [-0.3, -0.25) is 4.79 Å². The number of esters is 1. The topological polar surface area (TPSA) is 55.4 Å². The van der Waals surface area contributed by atoms with Crippen molar-refractivity contribution in [2.75, 3.05) is 11.9 Å². The molecule has 1 amide bonds. The van der Waals surface area contributed by atoms with Gasteiger partial charge >= 0.3 is 18.1 Å². The fourth-order valence-corrected chi connectivity index (χ4v) is 1.14. The number of carbonyl (C=O) groups is 2. The first-order chi connectivity index (χ1) is 8.34. The smallest absolute Gasteiger partial charge is 0.462 e. The summed E-state index contributed by atoms with van der Waals surface area (Å²) in [5.41, 5.74) is -0.0558. The maximum atomic E-state index is 12.0. The van der Waals surface area contributed by atoms with E-state index in [1.54, 1.807) is 12.2 Å². The van der Waals surface area contributed by atoms with Crippen molar-refractivity contribution in [2.45, 2.75) is 13.1 Å². The second-order valence-electron chi connectivity index (χ2n) is 3.25. The lowest BCUT2D eigenvalue weighted by molar-refractivity contribution is -0.167. The van der Waals surface area contributed by atoms with Crippen LogP contribution in [0, 0.1) is 0 Å². The summed E-state index contributed by atoms with van der Waals surface area (Å²) in [6, 6.07) is 5.08. The largest absolute Gasteiger partial charge is 0.471 e. The van der Waals surface area contributed by atoms with Crippen molar-refractivity contribution >= 4 is 17.6 Å². The van der Waals surface area contributed by atoms with Gasteiger partial charge in [0.2, 0.25) is 0 Å². The van der Waals surface area contributed by atoms with Gasteiger partial charge in [0.05, 0.1) is 12.2 Å². The molecule has 0 bridgehead atoms. The molecule has 0 heterocycles. The Hall–Kier alpha value is -2.05. The van der Waals surface area contributed by atoms with Crippen LogP contribution in [0.2, 0.25) is 0 Å². The first kappa shape index (κ1) is 14.0. The summed E-state index contributed by atoms with van der Waals surface area (Å²) in [6.07, 6.45) is -4.97. The maximum Gasteiger partial charge on any atom is 0.471 e. The average molecular weight is 261 g/mol. The molecule has 0 spiro atoms. The minimum absolute atomic E-state index is 0.0665. The van der Waals surface area contributed by atoms with Crippen molar-refractivity contribution in [3.8, 4) is 0 Å². The molecule has 0 aliphatic heterocycles. The van der Waals surface area contributed by atoms with Crippen LogP contribution in [-0.4, -0.2) is 24.7 Å². The Bertz CT molecular complexity index is 457. The van der Waals surface area contributed by atoms with Crippen LogP contribution in [0.4, 0.5) is 18.9 Å². The molecular formula is C11H10F3NO3. The Morgan fingerprint density at radius 3 is 2.56 bits per heavy atom. The van der Waals surface area contributed by atoms with Gasteiger partial charge in [-0.05, 0) is 25.1 Å². The Kier molecular flexibility index (Phi) is 4.30. The SMILES string of the molecule is CCOC(=O)c1cccc(NC(=O)C(F)(F)F)c1. The molecule has 1 aromatic rings. The number of halogens is 3. The Balaban J connectivity index is 2.83. The molecule has 0 unspecified atom stereocenters. The third-order valence-electron chi connectivity index (χ3n) is 1.89. The van der Waals surface area contributed by atoms with Gasteiger partial charge in [0.25, 0.3) is 0 Å². The number of hydrogen-bond acceptors (Lipinski definition) is 3. The van der Waals surface area contributed by atoms with Gasteiger partial charge in [-0.1, -0.05) is 6.07 Å². The summed E-state index contributed by atoms with van der Waals surface area (Å²) in [5.74, 6) is -2.76. The minimum atomic E-state index is -4.97. The van der Waals surface area contributed by atoms with Crippen LogP contribution in [0.25, 0.3) is 0 Å². The lowest BCUT2D eigenvalue weighted by atomic mass is 10.2. The van der Waals surface area contributed by atoms with E-state index in [4.69, 9.17) is 0 Å². The predicted octanol–water partition coefficient (Wildman–Crippen LogP) is 2.36. The monoisotopic (exact) mass is 261 g/mol. The van der Waals surface area contributed by atoms with Crippen molar-refractivity contribution in [1.82, 2.24) is 0 Å². The minimum Gasteiger partial charge on any atom is -0.462 e. The number of ether oxygens (including phenoxy) is 1. The number of carbonyl (C=O) groups excluding carboxylic acids is 2. The number of alkyl halides is 3. The van der Waals surface area contributed by atoms with Gasteiger partial charge in [0, 0.05) is 5.69 Å². The summed E-state index contributed by atoms with van der Waals surface area (Å²) >= 11 is 0. The molecule has 98 valence electrons. The predicted molar refractivity (Wildman–Crippen MR) is 57.1 cm³/mol. The van der Waals surface area contributed by atoms with Gasteiger partial charge in [0.15, 0.2) is 0 Å². The standard InChI is InChI=1S/C11H10F3NO3/c1-2-18-9(16)7-4-3-5-8(6-7)15-10(17)11(12,13)14/h3-6H,2H2,1H3,(H,15,17). The second kappa shape index (κ2) is 5.52. The van der Waals surface area contributed by atoms with Gasteiger partial charge in [0.1, 0.15) is 0 Å². The van der Waals surface area contributed by atoms with Crippen LogP contribution < -0.4 is 5.32 Å². The molecular weight excluding hydrogens is 251 g/mol. The molecule has 0 aliphatic rings. The number of amides is 1. The van der Waals surface area contributed by atoms with Crippen molar-refractivity contribution in [1.29, 1.82) is 0 Å². The second-order valence-corrected chi connectivity index (χ2v) is 3.25. The molecule has 0 saturated heterocycles. The molecule has 18 heavy (non-hydrogen) atoms. The molecule has 0 aromatic heterocycles. The summed E-state index contributed by atoms with van der Waals surface area (Å²) in [7, 11) is 0. The van der Waals surface area contributed by atoms with Crippen LogP contribution in [-0.2, 0) is 9.53 Å². The molecule has 0 saturated carbocycles. The van der Waals surface area contributed by atoms with Crippen LogP contribution in [0.1, 0.15) is 17.3 Å². The molecule has 4 nitrogen and oxygen atoms in total. The summed E-state index contributed by atoms with van der Waals surface area (Å²) in [6.45, 7) is 1.76. The average Bonchev–Trinajstić information content (AvgIpc) is 2.28. The molecule has 0 fully saturated rings. The molecule has 0 atom stereocenters. The molecule has 0 aliphatic carbocycles. The van der Waals surface area contributed by atoms with Crippen LogP contribution in [0.15, 0.2) is 24.3 Å². The fourth-order valence-electron chi connectivity index (χ4n) is 1.14. The maximum absolute atomic E-state index is 12.0.